The Labute approximate surface area is 176 Å². The average molecular weight is 436 g/mol. The number of nitrogens with one attached hydrogen (secondary N) is 1. The highest BCUT2D eigenvalue weighted by molar-refractivity contribution is 7.89. The topological polar surface area (TPSA) is 46.2 Å². The Morgan fingerprint density at radius 1 is 0.778 bits per heavy atom. The van der Waals surface area contributed by atoms with E-state index in [1.807, 2.05) is 0 Å². The Hall–Kier alpha value is -0.290. The second-order valence-electron chi connectivity index (χ2n) is 7.22. The van der Waals surface area contributed by atoms with E-state index in [9.17, 15) is 8.42 Å². The highest BCUT2D eigenvalue weighted by atomic mass is 35.5. The van der Waals surface area contributed by atoms with Crippen molar-refractivity contribution in [1.29, 1.82) is 0 Å². The van der Waals surface area contributed by atoms with Crippen LogP contribution in [0.25, 0.3) is 0 Å². The van der Waals surface area contributed by atoms with Crippen molar-refractivity contribution in [3.63, 3.8) is 0 Å². The first-order chi connectivity index (χ1) is 13.0. The zero-order valence-electron chi connectivity index (χ0n) is 16.6. The maximum atomic E-state index is 12.3. The van der Waals surface area contributed by atoms with E-state index in [0.717, 1.165) is 19.3 Å². The Bertz CT molecular complexity index is 621. The first kappa shape index (κ1) is 24.7. The molecule has 1 aromatic rings. The van der Waals surface area contributed by atoms with Crippen LogP contribution in [0.1, 0.15) is 90.4 Å². The van der Waals surface area contributed by atoms with E-state index in [1.165, 1.54) is 76.3 Å². The number of unbranched alkanes of at least 4 members (excludes halogenated alkanes) is 12. The van der Waals surface area contributed by atoms with Gasteiger partial charge in [0.25, 0.3) is 0 Å². The highest BCUT2D eigenvalue weighted by Gasteiger charge is 2.17. The van der Waals surface area contributed by atoms with Gasteiger partial charge < -0.3 is 0 Å². The molecule has 0 aliphatic heterocycles. The van der Waals surface area contributed by atoms with Gasteiger partial charge >= 0.3 is 0 Å². The van der Waals surface area contributed by atoms with Gasteiger partial charge in [0.05, 0.1) is 5.02 Å². The summed E-state index contributed by atoms with van der Waals surface area (Å²) in [6.07, 6.45) is 16.5. The van der Waals surface area contributed by atoms with Gasteiger partial charge in [-0.2, -0.15) is 0 Å². The average Bonchev–Trinajstić information content (AvgIpc) is 2.64. The molecule has 0 aromatic heterocycles. The lowest BCUT2D eigenvalue weighted by molar-refractivity contribution is 0.536. The van der Waals surface area contributed by atoms with Crippen molar-refractivity contribution < 1.29 is 8.42 Å². The van der Waals surface area contributed by atoms with Crippen molar-refractivity contribution in [2.45, 2.75) is 95.3 Å². The van der Waals surface area contributed by atoms with E-state index in [-0.39, 0.29) is 9.92 Å². The van der Waals surface area contributed by atoms with Crippen molar-refractivity contribution in [1.82, 2.24) is 4.72 Å². The molecule has 0 atom stereocenters. The van der Waals surface area contributed by atoms with Gasteiger partial charge in [0, 0.05) is 11.6 Å². The summed E-state index contributed by atoms with van der Waals surface area (Å²) in [6, 6.07) is 4.47. The van der Waals surface area contributed by atoms with E-state index < -0.39 is 10.0 Å². The van der Waals surface area contributed by atoms with E-state index in [4.69, 9.17) is 23.2 Å². The molecule has 0 fully saturated rings. The van der Waals surface area contributed by atoms with E-state index in [2.05, 4.69) is 11.6 Å². The molecule has 6 heteroatoms. The standard InChI is InChI=1S/C21H35Cl2NO2S/c1-2-3-4-5-6-7-8-9-10-11-12-13-14-17-24-27(25,26)21-18-19(22)15-16-20(21)23/h15-16,18,24H,2-14,17H2,1H3. The zero-order valence-corrected chi connectivity index (χ0v) is 18.9. The first-order valence-corrected chi connectivity index (χ1v) is 12.7. The molecule has 1 rings (SSSR count). The fourth-order valence-corrected chi connectivity index (χ4v) is 4.94. The van der Waals surface area contributed by atoms with Crippen LogP contribution in [0, 0.1) is 0 Å². The number of benzene rings is 1. The molecule has 1 aromatic carbocycles. The Morgan fingerprint density at radius 2 is 1.26 bits per heavy atom. The third-order valence-corrected chi connectivity index (χ3v) is 6.93. The Kier molecular flexibility index (Phi) is 13.4. The summed E-state index contributed by atoms with van der Waals surface area (Å²) in [6.45, 7) is 2.69. The van der Waals surface area contributed by atoms with Gasteiger partial charge in [-0.3, -0.25) is 0 Å². The molecular weight excluding hydrogens is 401 g/mol. The lowest BCUT2D eigenvalue weighted by Gasteiger charge is -2.09. The van der Waals surface area contributed by atoms with Crippen LogP contribution in [0.4, 0.5) is 0 Å². The van der Waals surface area contributed by atoms with Crippen molar-refractivity contribution in [2.75, 3.05) is 6.54 Å². The molecule has 0 unspecified atom stereocenters. The molecule has 0 aliphatic rings. The monoisotopic (exact) mass is 435 g/mol. The SMILES string of the molecule is CCCCCCCCCCCCCCCNS(=O)(=O)c1cc(Cl)ccc1Cl. The molecule has 0 radical (unpaired) electrons. The van der Waals surface area contributed by atoms with Crippen LogP contribution in [-0.4, -0.2) is 15.0 Å². The smallest absolute Gasteiger partial charge is 0.211 e. The molecule has 0 bridgehead atoms. The zero-order chi connectivity index (χ0) is 20.0. The molecule has 1 N–H and O–H groups in total. The molecule has 0 aliphatic carbocycles. The number of hydrogen-bond acceptors (Lipinski definition) is 2. The van der Waals surface area contributed by atoms with Crippen LogP contribution in [0.2, 0.25) is 10.0 Å². The second-order valence-corrected chi connectivity index (χ2v) is 9.79. The van der Waals surface area contributed by atoms with Crippen LogP contribution in [0.3, 0.4) is 0 Å². The fourth-order valence-electron chi connectivity index (χ4n) is 3.11. The van der Waals surface area contributed by atoms with Gasteiger partial charge in [-0.05, 0) is 24.6 Å². The van der Waals surface area contributed by atoms with Gasteiger partial charge in [-0.25, -0.2) is 13.1 Å². The summed E-state index contributed by atoms with van der Waals surface area (Å²) in [7, 11) is -3.60. The third kappa shape index (κ3) is 11.3. The molecule has 3 nitrogen and oxygen atoms in total. The molecule has 27 heavy (non-hydrogen) atoms. The fraction of sp³-hybridized carbons (Fsp3) is 0.714. The van der Waals surface area contributed by atoms with Crippen molar-refractivity contribution in [3.05, 3.63) is 28.2 Å². The summed E-state index contributed by atoms with van der Waals surface area (Å²) in [5.41, 5.74) is 0. The predicted molar refractivity (Wildman–Crippen MR) is 117 cm³/mol. The molecule has 0 amide bonds. The third-order valence-electron chi connectivity index (χ3n) is 4.76. The van der Waals surface area contributed by atoms with Gasteiger partial charge in [0.2, 0.25) is 10.0 Å². The molecule has 156 valence electrons. The van der Waals surface area contributed by atoms with Crippen LogP contribution in [0.15, 0.2) is 23.1 Å². The highest BCUT2D eigenvalue weighted by Crippen LogP contribution is 2.24. The largest absolute Gasteiger partial charge is 0.242 e. The van der Waals surface area contributed by atoms with Crippen LogP contribution < -0.4 is 4.72 Å². The lowest BCUT2D eigenvalue weighted by Crippen LogP contribution is -2.25. The second kappa shape index (κ2) is 14.7. The van der Waals surface area contributed by atoms with Crippen molar-refractivity contribution in [3.8, 4) is 0 Å². The van der Waals surface area contributed by atoms with Gasteiger partial charge in [-0.15, -0.1) is 0 Å². The molecular formula is C21H35Cl2NO2S. The maximum Gasteiger partial charge on any atom is 0.242 e. The Morgan fingerprint density at radius 3 is 1.78 bits per heavy atom. The predicted octanol–water partition coefficient (Wildman–Crippen LogP) is 7.36. The van der Waals surface area contributed by atoms with Gasteiger partial charge in [0.1, 0.15) is 4.90 Å². The molecule has 0 spiro atoms. The normalized spacial score (nSPS) is 11.8. The quantitative estimate of drug-likeness (QED) is 0.275. The molecule has 0 saturated heterocycles. The summed E-state index contributed by atoms with van der Waals surface area (Å²) in [5, 5.41) is 0.554. The molecule has 0 heterocycles. The Balaban J connectivity index is 2.02. The first-order valence-electron chi connectivity index (χ1n) is 10.4. The lowest BCUT2D eigenvalue weighted by atomic mass is 10.0. The number of hydrogen-bond donors (Lipinski definition) is 1. The van der Waals surface area contributed by atoms with Crippen molar-refractivity contribution >= 4 is 33.2 Å². The summed E-state index contributed by atoms with van der Waals surface area (Å²) >= 11 is 11.8. The van der Waals surface area contributed by atoms with Crippen LogP contribution in [0.5, 0.6) is 0 Å². The summed E-state index contributed by atoms with van der Waals surface area (Å²) < 4.78 is 27.2. The minimum absolute atomic E-state index is 0.0476. The summed E-state index contributed by atoms with van der Waals surface area (Å²) in [4.78, 5) is 0.0476. The van der Waals surface area contributed by atoms with Crippen LogP contribution in [-0.2, 0) is 10.0 Å². The minimum Gasteiger partial charge on any atom is -0.211 e. The number of halogens is 2. The number of sulfonamides is 1. The van der Waals surface area contributed by atoms with Crippen LogP contribution >= 0.6 is 23.2 Å². The maximum absolute atomic E-state index is 12.3. The molecule has 0 saturated carbocycles. The van der Waals surface area contributed by atoms with E-state index in [1.54, 1.807) is 6.07 Å². The van der Waals surface area contributed by atoms with Crippen molar-refractivity contribution in [2.24, 2.45) is 0 Å². The van der Waals surface area contributed by atoms with E-state index >= 15 is 0 Å². The number of rotatable bonds is 16. The van der Waals surface area contributed by atoms with Gasteiger partial charge in [0.15, 0.2) is 0 Å². The van der Waals surface area contributed by atoms with Gasteiger partial charge in [-0.1, -0.05) is 107 Å². The summed E-state index contributed by atoms with van der Waals surface area (Å²) in [5.74, 6) is 0. The minimum atomic E-state index is -3.60. The van der Waals surface area contributed by atoms with E-state index in [0.29, 0.717) is 11.6 Å².